The predicted octanol–water partition coefficient (Wildman–Crippen LogP) is 5.23. The lowest BCUT2D eigenvalue weighted by Crippen LogP contribution is -2.39. The van der Waals surface area contributed by atoms with E-state index in [9.17, 15) is 4.79 Å². The molecule has 1 aliphatic rings. The molecule has 0 saturated heterocycles. The van der Waals surface area contributed by atoms with E-state index < -0.39 is 5.60 Å². The normalized spacial score (nSPS) is 14.5. The van der Waals surface area contributed by atoms with Crippen molar-refractivity contribution in [1.82, 2.24) is 4.90 Å². The van der Waals surface area contributed by atoms with E-state index in [0.717, 1.165) is 28.0 Å². The van der Waals surface area contributed by atoms with E-state index in [4.69, 9.17) is 9.47 Å². The molecule has 0 radical (unpaired) electrons. The molecule has 0 unspecified atom stereocenters. The number of rotatable bonds is 2. The summed E-state index contributed by atoms with van der Waals surface area (Å²) in [7, 11) is 0. The Kier molecular flexibility index (Phi) is 5.03. The predicted molar refractivity (Wildman–Crippen MR) is 103 cm³/mol. The van der Waals surface area contributed by atoms with E-state index >= 15 is 0 Å². The van der Waals surface area contributed by atoms with Crippen LogP contribution in [0.5, 0.6) is 0 Å². The van der Waals surface area contributed by atoms with Crippen LogP contribution in [0.15, 0.2) is 54.8 Å². The summed E-state index contributed by atoms with van der Waals surface area (Å²) >= 11 is 0. The first kappa shape index (κ1) is 18.1. The van der Waals surface area contributed by atoms with E-state index in [1.54, 1.807) is 11.2 Å². The second-order valence-electron chi connectivity index (χ2n) is 7.46. The summed E-state index contributed by atoms with van der Waals surface area (Å²) in [6, 6.07) is 16.5. The Balaban J connectivity index is 1.97. The summed E-state index contributed by atoms with van der Waals surface area (Å²) in [4.78, 5) is 14.3. The smallest absolute Gasteiger partial charge is 0.415 e. The lowest BCUT2D eigenvalue weighted by molar-refractivity contribution is 0.0296. The largest absolute Gasteiger partial charge is 0.497 e. The number of nitrogens with zero attached hydrogens (tertiary/aromatic N) is 1. The van der Waals surface area contributed by atoms with Gasteiger partial charge in [-0.15, -0.1) is 0 Å². The molecule has 0 bridgehead atoms. The molecular formula is C22H25NO3. The molecule has 3 rings (SSSR count). The Morgan fingerprint density at radius 3 is 2.42 bits per heavy atom. The lowest BCUT2D eigenvalue weighted by atomic mass is 9.98. The number of carbonyl (C=O) groups is 1. The zero-order chi connectivity index (χ0) is 18.7. The number of hydrogen-bond acceptors (Lipinski definition) is 3. The van der Waals surface area contributed by atoms with Crippen LogP contribution in [0.4, 0.5) is 4.79 Å². The zero-order valence-electron chi connectivity index (χ0n) is 15.8. The summed E-state index contributed by atoms with van der Waals surface area (Å²) in [5.41, 5.74) is 4.50. The molecule has 1 amide bonds. The molecule has 2 aromatic carbocycles. The maximum Gasteiger partial charge on any atom is 0.415 e. The summed E-state index contributed by atoms with van der Waals surface area (Å²) in [6.45, 7) is 8.59. The van der Waals surface area contributed by atoms with Gasteiger partial charge in [0.25, 0.3) is 0 Å². The van der Waals surface area contributed by atoms with Crippen LogP contribution in [-0.2, 0) is 9.47 Å². The van der Waals surface area contributed by atoms with Gasteiger partial charge in [-0.25, -0.2) is 4.79 Å². The van der Waals surface area contributed by atoms with Gasteiger partial charge in [0.2, 0.25) is 0 Å². The van der Waals surface area contributed by atoms with Crippen molar-refractivity contribution in [3.05, 3.63) is 65.9 Å². The minimum absolute atomic E-state index is 0.352. The lowest BCUT2D eigenvalue weighted by Gasteiger charge is -2.31. The van der Waals surface area contributed by atoms with Gasteiger partial charge < -0.3 is 9.47 Å². The Morgan fingerprint density at radius 2 is 1.73 bits per heavy atom. The van der Waals surface area contributed by atoms with Crippen LogP contribution in [0.3, 0.4) is 0 Å². The molecule has 0 aliphatic carbocycles. The maximum atomic E-state index is 12.6. The van der Waals surface area contributed by atoms with Gasteiger partial charge >= 0.3 is 6.09 Å². The average Bonchev–Trinajstić information content (AvgIpc) is 2.60. The van der Waals surface area contributed by atoms with E-state index in [0.29, 0.717) is 13.2 Å². The van der Waals surface area contributed by atoms with Crippen LogP contribution < -0.4 is 0 Å². The van der Waals surface area contributed by atoms with Gasteiger partial charge in [0.05, 0.1) is 12.2 Å². The molecule has 1 heterocycles. The third-order valence-corrected chi connectivity index (χ3v) is 4.01. The number of amides is 1. The topological polar surface area (TPSA) is 38.8 Å². The quantitative estimate of drug-likeness (QED) is 0.744. The molecule has 26 heavy (non-hydrogen) atoms. The summed E-state index contributed by atoms with van der Waals surface area (Å²) in [5.74, 6) is 0. The van der Waals surface area contributed by atoms with Crippen molar-refractivity contribution in [3.8, 4) is 11.1 Å². The van der Waals surface area contributed by atoms with Crippen molar-refractivity contribution in [3.63, 3.8) is 0 Å². The molecule has 0 N–H and O–H groups in total. The molecule has 0 spiro atoms. The summed E-state index contributed by atoms with van der Waals surface area (Å²) in [5, 5.41) is 0. The van der Waals surface area contributed by atoms with E-state index in [2.05, 4.69) is 37.3 Å². The van der Waals surface area contributed by atoms with Crippen LogP contribution in [-0.4, -0.2) is 29.7 Å². The fourth-order valence-electron chi connectivity index (χ4n) is 2.92. The molecule has 0 atom stereocenters. The minimum Gasteiger partial charge on any atom is -0.497 e. The monoisotopic (exact) mass is 351 g/mol. The molecule has 0 saturated carbocycles. The molecule has 2 aromatic rings. The van der Waals surface area contributed by atoms with Gasteiger partial charge in [-0.05, 0) is 56.5 Å². The molecular weight excluding hydrogens is 326 g/mol. The summed E-state index contributed by atoms with van der Waals surface area (Å²) in [6.07, 6.45) is 1.30. The Bertz CT molecular complexity index is 819. The highest BCUT2D eigenvalue weighted by Crippen LogP contribution is 2.29. The second-order valence-corrected chi connectivity index (χ2v) is 7.46. The first-order valence-electron chi connectivity index (χ1n) is 8.83. The van der Waals surface area contributed by atoms with Crippen molar-refractivity contribution in [2.75, 3.05) is 13.2 Å². The highest BCUT2D eigenvalue weighted by Gasteiger charge is 2.28. The number of hydrogen-bond donors (Lipinski definition) is 0. The maximum absolute atomic E-state index is 12.6. The second kappa shape index (κ2) is 7.24. The van der Waals surface area contributed by atoms with Gasteiger partial charge in [0.15, 0.2) is 0 Å². The number of aryl methyl sites for hydroxylation is 1. The molecule has 4 heteroatoms. The van der Waals surface area contributed by atoms with Crippen molar-refractivity contribution in [2.45, 2.75) is 33.3 Å². The zero-order valence-corrected chi connectivity index (χ0v) is 15.8. The van der Waals surface area contributed by atoms with Crippen LogP contribution in [0, 0.1) is 6.92 Å². The van der Waals surface area contributed by atoms with Crippen molar-refractivity contribution in [2.24, 2.45) is 0 Å². The Hall–Kier alpha value is -2.75. The fraction of sp³-hybridized carbons (Fsp3) is 0.318. The highest BCUT2D eigenvalue weighted by atomic mass is 16.6. The SMILES string of the molecule is Cc1cc(C2=COCCN2C(=O)OC(C)(C)C)cc(-c2ccccc2)c1. The van der Waals surface area contributed by atoms with Crippen molar-refractivity contribution >= 4 is 11.8 Å². The van der Waals surface area contributed by atoms with Gasteiger partial charge in [-0.2, -0.15) is 0 Å². The number of ether oxygens (including phenoxy) is 2. The average molecular weight is 351 g/mol. The molecule has 0 fully saturated rings. The fourth-order valence-corrected chi connectivity index (χ4v) is 2.92. The molecule has 4 nitrogen and oxygen atoms in total. The first-order chi connectivity index (χ1) is 12.3. The number of carbonyl (C=O) groups excluding carboxylic acids is 1. The molecule has 1 aliphatic heterocycles. The Labute approximate surface area is 155 Å². The minimum atomic E-state index is -0.539. The van der Waals surface area contributed by atoms with Gasteiger partial charge in [-0.3, -0.25) is 4.90 Å². The van der Waals surface area contributed by atoms with Gasteiger partial charge in [0.1, 0.15) is 18.5 Å². The Morgan fingerprint density at radius 1 is 1.04 bits per heavy atom. The van der Waals surface area contributed by atoms with E-state index in [1.165, 1.54) is 0 Å². The molecule has 136 valence electrons. The first-order valence-corrected chi connectivity index (χ1v) is 8.83. The summed E-state index contributed by atoms with van der Waals surface area (Å²) < 4.78 is 11.1. The van der Waals surface area contributed by atoms with Crippen molar-refractivity contribution < 1.29 is 14.3 Å². The van der Waals surface area contributed by atoms with Crippen LogP contribution in [0.2, 0.25) is 0 Å². The molecule has 0 aromatic heterocycles. The third-order valence-electron chi connectivity index (χ3n) is 4.01. The van der Waals surface area contributed by atoms with E-state index in [1.807, 2.05) is 39.0 Å². The standard InChI is InChI=1S/C22H25NO3/c1-16-12-18(17-8-6-5-7-9-17)14-19(13-16)20-15-25-11-10-23(20)21(24)26-22(2,3)4/h5-9,12-15H,10-11H2,1-4H3. The van der Waals surface area contributed by atoms with Crippen LogP contribution in [0.1, 0.15) is 31.9 Å². The van der Waals surface area contributed by atoms with Gasteiger partial charge in [0, 0.05) is 5.56 Å². The van der Waals surface area contributed by atoms with Crippen LogP contribution in [0.25, 0.3) is 16.8 Å². The number of benzene rings is 2. The third kappa shape index (κ3) is 4.26. The van der Waals surface area contributed by atoms with Crippen LogP contribution >= 0.6 is 0 Å². The van der Waals surface area contributed by atoms with E-state index in [-0.39, 0.29) is 6.09 Å². The highest BCUT2D eigenvalue weighted by molar-refractivity contribution is 5.84. The van der Waals surface area contributed by atoms with Crippen molar-refractivity contribution in [1.29, 1.82) is 0 Å². The van der Waals surface area contributed by atoms with Gasteiger partial charge in [-0.1, -0.05) is 36.4 Å².